The zero-order chi connectivity index (χ0) is 12.8. The molecule has 0 N–H and O–H groups in total. The fourth-order valence-electron chi connectivity index (χ4n) is 1.22. The van der Waals surface area contributed by atoms with E-state index < -0.39 is 10.9 Å². The van der Waals surface area contributed by atoms with E-state index in [0.717, 1.165) is 6.20 Å². The molecule has 1 aromatic rings. The van der Waals surface area contributed by atoms with Crippen LogP contribution in [0.2, 0.25) is 0 Å². The molecule has 0 spiro atoms. The van der Waals surface area contributed by atoms with Gasteiger partial charge in [-0.05, 0) is 6.07 Å². The first-order valence-corrected chi connectivity index (χ1v) is 4.71. The number of methoxy groups -OCH3 is 1. The Morgan fingerprint density at radius 1 is 1.47 bits per heavy atom. The molecule has 6 heteroatoms. The van der Waals surface area contributed by atoms with E-state index in [1.807, 2.05) is 0 Å². The molecule has 0 atom stereocenters. The minimum absolute atomic E-state index is 0.167. The van der Waals surface area contributed by atoms with Crippen LogP contribution in [0.3, 0.4) is 0 Å². The Bertz CT molecular complexity index is 467. The molecule has 6 nitrogen and oxygen atoms in total. The first-order chi connectivity index (χ1) is 8.04. The number of esters is 1. The van der Waals surface area contributed by atoms with E-state index in [1.54, 1.807) is 18.2 Å². The maximum atomic E-state index is 10.9. The van der Waals surface area contributed by atoms with Crippen molar-refractivity contribution in [2.45, 2.75) is 6.92 Å². The van der Waals surface area contributed by atoms with Crippen molar-refractivity contribution in [3.8, 4) is 11.5 Å². The van der Waals surface area contributed by atoms with Crippen LogP contribution in [-0.2, 0) is 4.79 Å². The third kappa shape index (κ3) is 3.60. The summed E-state index contributed by atoms with van der Waals surface area (Å²) in [6, 6.07) is 4.83. The van der Waals surface area contributed by atoms with Gasteiger partial charge in [0.05, 0.1) is 12.0 Å². The molecule has 90 valence electrons. The van der Waals surface area contributed by atoms with E-state index in [0.29, 0.717) is 11.3 Å². The molecule has 0 heterocycles. The van der Waals surface area contributed by atoms with Gasteiger partial charge in [-0.3, -0.25) is 14.9 Å². The molecule has 1 rings (SSSR count). The lowest BCUT2D eigenvalue weighted by atomic mass is 10.2. The summed E-state index contributed by atoms with van der Waals surface area (Å²) in [6.45, 7) is 1.24. The van der Waals surface area contributed by atoms with E-state index >= 15 is 0 Å². The zero-order valence-corrected chi connectivity index (χ0v) is 9.38. The summed E-state index contributed by atoms with van der Waals surface area (Å²) in [5.41, 5.74) is 0.399. The molecule has 0 aromatic heterocycles. The normalized spacial score (nSPS) is 10.2. The maximum Gasteiger partial charge on any atom is 0.308 e. The van der Waals surface area contributed by atoms with E-state index in [4.69, 9.17) is 9.47 Å². The Kier molecular flexibility index (Phi) is 4.21. The second-order valence-electron chi connectivity index (χ2n) is 3.07. The highest BCUT2D eigenvalue weighted by molar-refractivity contribution is 5.73. The van der Waals surface area contributed by atoms with Crippen molar-refractivity contribution in [2.75, 3.05) is 7.11 Å². The van der Waals surface area contributed by atoms with Gasteiger partial charge in [-0.2, -0.15) is 0 Å². The number of ether oxygens (including phenoxy) is 2. The van der Waals surface area contributed by atoms with Gasteiger partial charge in [0.15, 0.2) is 11.5 Å². The summed E-state index contributed by atoms with van der Waals surface area (Å²) >= 11 is 0. The first kappa shape index (κ1) is 12.7. The molecule has 0 saturated carbocycles. The molecule has 0 aliphatic heterocycles. The number of para-hydroxylation sites is 1. The number of carbonyl (C=O) groups excluding carboxylic acids is 1. The molecule has 0 aliphatic rings. The fraction of sp³-hybridized carbons (Fsp3) is 0.182. The number of hydrogen-bond acceptors (Lipinski definition) is 5. The average Bonchev–Trinajstić information content (AvgIpc) is 2.26. The third-order valence-electron chi connectivity index (χ3n) is 1.85. The van der Waals surface area contributed by atoms with Crippen molar-refractivity contribution in [1.29, 1.82) is 0 Å². The lowest BCUT2D eigenvalue weighted by Gasteiger charge is -2.09. The highest BCUT2D eigenvalue weighted by atomic mass is 16.6. The van der Waals surface area contributed by atoms with Gasteiger partial charge in [0.2, 0.25) is 6.20 Å². The lowest BCUT2D eigenvalue weighted by Crippen LogP contribution is -2.04. The molecule has 0 unspecified atom stereocenters. The summed E-state index contributed by atoms with van der Waals surface area (Å²) in [4.78, 5) is 20.6. The van der Waals surface area contributed by atoms with E-state index in [2.05, 4.69) is 0 Å². The summed E-state index contributed by atoms with van der Waals surface area (Å²) in [5, 5.41) is 10.2. The Labute approximate surface area is 97.6 Å². The summed E-state index contributed by atoms with van der Waals surface area (Å²) in [6.07, 6.45) is 2.00. The van der Waals surface area contributed by atoms with E-state index in [1.165, 1.54) is 20.1 Å². The molecule has 1 aromatic carbocycles. The van der Waals surface area contributed by atoms with Gasteiger partial charge in [-0.1, -0.05) is 12.1 Å². The standard InChI is InChI=1S/C11H11NO5/c1-8(13)17-11-9(6-7-12(14)15)4-3-5-10(11)16-2/h3-7H,1-2H3/b7-6+. The van der Waals surface area contributed by atoms with Crippen molar-refractivity contribution < 1.29 is 19.2 Å². The molecule has 0 radical (unpaired) electrons. The second kappa shape index (κ2) is 5.64. The monoisotopic (exact) mass is 237 g/mol. The van der Waals surface area contributed by atoms with Gasteiger partial charge in [0.25, 0.3) is 0 Å². The molecule has 0 aliphatic carbocycles. The number of nitrogens with zero attached hydrogens (tertiary/aromatic N) is 1. The minimum atomic E-state index is -0.600. The zero-order valence-electron chi connectivity index (χ0n) is 9.38. The summed E-state index contributed by atoms with van der Waals surface area (Å²) < 4.78 is 9.97. The summed E-state index contributed by atoms with van der Waals surface area (Å²) in [5.74, 6) is -0.0171. The lowest BCUT2D eigenvalue weighted by molar-refractivity contribution is -0.400. The predicted molar refractivity (Wildman–Crippen MR) is 60.3 cm³/mol. The van der Waals surface area contributed by atoms with Gasteiger partial charge >= 0.3 is 5.97 Å². The van der Waals surface area contributed by atoms with Crippen LogP contribution in [0, 0.1) is 10.1 Å². The number of rotatable bonds is 4. The van der Waals surface area contributed by atoms with Crippen LogP contribution in [0.15, 0.2) is 24.4 Å². The molecule has 17 heavy (non-hydrogen) atoms. The van der Waals surface area contributed by atoms with Gasteiger partial charge < -0.3 is 9.47 Å². The molecule has 0 amide bonds. The van der Waals surface area contributed by atoms with Crippen LogP contribution in [0.1, 0.15) is 12.5 Å². The Hall–Kier alpha value is -2.37. The van der Waals surface area contributed by atoms with Gasteiger partial charge in [-0.25, -0.2) is 0 Å². The van der Waals surface area contributed by atoms with E-state index in [-0.39, 0.29) is 5.75 Å². The van der Waals surface area contributed by atoms with E-state index in [9.17, 15) is 14.9 Å². The van der Waals surface area contributed by atoms with Crippen molar-refractivity contribution in [3.05, 3.63) is 40.1 Å². The second-order valence-corrected chi connectivity index (χ2v) is 3.07. The number of carbonyl (C=O) groups is 1. The van der Waals surface area contributed by atoms with Crippen LogP contribution in [0.25, 0.3) is 6.08 Å². The molecular weight excluding hydrogens is 226 g/mol. The highest BCUT2D eigenvalue weighted by Crippen LogP contribution is 2.32. The Morgan fingerprint density at radius 2 is 2.18 bits per heavy atom. The smallest absolute Gasteiger partial charge is 0.308 e. The molecular formula is C11H11NO5. The largest absolute Gasteiger partial charge is 0.493 e. The molecule has 0 bridgehead atoms. The van der Waals surface area contributed by atoms with Crippen LogP contribution in [0.4, 0.5) is 0 Å². The van der Waals surface area contributed by atoms with Crippen molar-refractivity contribution in [3.63, 3.8) is 0 Å². The fourth-order valence-corrected chi connectivity index (χ4v) is 1.22. The molecule has 0 fully saturated rings. The van der Waals surface area contributed by atoms with Crippen LogP contribution in [-0.4, -0.2) is 18.0 Å². The third-order valence-corrected chi connectivity index (χ3v) is 1.85. The predicted octanol–water partition coefficient (Wildman–Crippen LogP) is 1.87. The van der Waals surface area contributed by atoms with Crippen molar-refractivity contribution in [2.24, 2.45) is 0 Å². The van der Waals surface area contributed by atoms with Gasteiger partial charge in [0, 0.05) is 18.6 Å². The van der Waals surface area contributed by atoms with Crippen LogP contribution < -0.4 is 9.47 Å². The topological polar surface area (TPSA) is 78.7 Å². The number of benzene rings is 1. The quantitative estimate of drug-likeness (QED) is 0.345. The highest BCUT2D eigenvalue weighted by Gasteiger charge is 2.11. The number of nitro groups is 1. The van der Waals surface area contributed by atoms with Gasteiger partial charge in [-0.15, -0.1) is 0 Å². The van der Waals surface area contributed by atoms with Crippen molar-refractivity contribution in [1.82, 2.24) is 0 Å². The van der Waals surface area contributed by atoms with Crippen LogP contribution >= 0.6 is 0 Å². The Morgan fingerprint density at radius 3 is 2.71 bits per heavy atom. The Balaban J connectivity index is 3.18. The number of hydrogen-bond donors (Lipinski definition) is 0. The SMILES string of the molecule is COc1cccc(/C=C/[N+](=O)[O-])c1OC(C)=O. The maximum absolute atomic E-state index is 10.9. The average molecular weight is 237 g/mol. The van der Waals surface area contributed by atoms with Crippen molar-refractivity contribution >= 4 is 12.0 Å². The molecule has 0 saturated heterocycles. The van der Waals surface area contributed by atoms with Gasteiger partial charge in [0.1, 0.15) is 0 Å². The van der Waals surface area contributed by atoms with Crippen LogP contribution in [0.5, 0.6) is 11.5 Å². The minimum Gasteiger partial charge on any atom is -0.493 e. The summed E-state index contributed by atoms with van der Waals surface area (Å²) in [7, 11) is 1.42. The first-order valence-electron chi connectivity index (χ1n) is 4.71.